The van der Waals surface area contributed by atoms with Gasteiger partial charge in [-0.1, -0.05) is 13.3 Å². The van der Waals surface area contributed by atoms with Crippen molar-refractivity contribution >= 4 is 17.7 Å². The zero-order valence-electron chi connectivity index (χ0n) is 11.8. The fraction of sp³-hybridized carbons (Fsp3) is 0.429. The van der Waals surface area contributed by atoms with Gasteiger partial charge in [0.1, 0.15) is 5.82 Å². The van der Waals surface area contributed by atoms with Crippen LogP contribution in [0.15, 0.2) is 18.2 Å². The highest BCUT2D eigenvalue weighted by Gasteiger charge is 2.16. The number of nitrogens with zero attached hydrogens (tertiary/aromatic N) is 1. The SMILES string of the molecule is CCCC(C)N(C)C(=O)Nc1ccc(C(=O)O)c(F)c1. The number of rotatable bonds is 5. The van der Waals surface area contributed by atoms with E-state index in [0.29, 0.717) is 0 Å². The van der Waals surface area contributed by atoms with Gasteiger partial charge in [-0.15, -0.1) is 0 Å². The number of urea groups is 1. The second kappa shape index (κ2) is 6.88. The van der Waals surface area contributed by atoms with Gasteiger partial charge in [-0.3, -0.25) is 0 Å². The number of carbonyl (C=O) groups excluding carboxylic acids is 1. The highest BCUT2D eigenvalue weighted by molar-refractivity contribution is 5.91. The molecule has 20 heavy (non-hydrogen) atoms. The summed E-state index contributed by atoms with van der Waals surface area (Å²) in [4.78, 5) is 24.2. The zero-order chi connectivity index (χ0) is 15.3. The van der Waals surface area contributed by atoms with Crippen molar-refractivity contribution < 1.29 is 19.1 Å². The first-order chi connectivity index (χ1) is 9.36. The van der Waals surface area contributed by atoms with Gasteiger partial charge in [0, 0.05) is 18.8 Å². The van der Waals surface area contributed by atoms with E-state index in [1.165, 1.54) is 11.0 Å². The third-order valence-electron chi connectivity index (χ3n) is 3.14. The maximum absolute atomic E-state index is 13.5. The number of nitrogens with one attached hydrogen (secondary N) is 1. The van der Waals surface area contributed by atoms with Crippen LogP contribution in [0.2, 0.25) is 0 Å². The van der Waals surface area contributed by atoms with Gasteiger partial charge in [0.15, 0.2) is 0 Å². The van der Waals surface area contributed by atoms with Crippen molar-refractivity contribution in [2.45, 2.75) is 32.7 Å². The van der Waals surface area contributed by atoms with Gasteiger partial charge in [0.05, 0.1) is 5.56 Å². The van der Waals surface area contributed by atoms with Crippen LogP contribution >= 0.6 is 0 Å². The lowest BCUT2D eigenvalue weighted by Crippen LogP contribution is -2.38. The quantitative estimate of drug-likeness (QED) is 0.871. The lowest BCUT2D eigenvalue weighted by atomic mass is 10.2. The molecular weight excluding hydrogens is 263 g/mol. The number of carboxylic acids is 1. The summed E-state index contributed by atoms with van der Waals surface area (Å²) in [6.45, 7) is 3.96. The van der Waals surface area contributed by atoms with Crippen LogP contribution in [0.3, 0.4) is 0 Å². The molecule has 0 fully saturated rings. The average molecular weight is 282 g/mol. The number of aromatic carboxylic acids is 1. The monoisotopic (exact) mass is 282 g/mol. The Balaban J connectivity index is 2.76. The Bertz CT molecular complexity index is 505. The molecular formula is C14H19FN2O3. The molecule has 0 aliphatic carbocycles. The van der Waals surface area contributed by atoms with Crippen LogP contribution in [0.25, 0.3) is 0 Å². The Hall–Kier alpha value is -2.11. The number of carbonyl (C=O) groups is 2. The Morgan fingerprint density at radius 2 is 2.10 bits per heavy atom. The van der Waals surface area contributed by atoms with Crippen LogP contribution in [0.1, 0.15) is 37.0 Å². The van der Waals surface area contributed by atoms with Gasteiger partial charge in [0.2, 0.25) is 0 Å². The number of amides is 2. The van der Waals surface area contributed by atoms with Crippen LogP contribution in [-0.2, 0) is 0 Å². The van der Waals surface area contributed by atoms with Crippen molar-refractivity contribution in [1.82, 2.24) is 4.90 Å². The molecule has 1 atom stereocenters. The molecule has 0 aliphatic rings. The molecule has 1 rings (SSSR count). The fourth-order valence-corrected chi connectivity index (χ4v) is 1.79. The van der Waals surface area contributed by atoms with Crippen LogP contribution in [0, 0.1) is 5.82 Å². The molecule has 0 aliphatic heterocycles. The van der Waals surface area contributed by atoms with Crippen LogP contribution < -0.4 is 5.32 Å². The molecule has 2 amide bonds. The number of benzene rings is 1. The maximum atomic E-state index is 13.5. The first-order valence-electron chi connectivity index (χ1n) is 6.43. The van der Waals surface area contributed by atoms with Gasteiger partial charge in [0.25, 0.3) is 0 Å². The normalized spacial score (nSPS) is 11.8. The Morgan fingerprint density at radius 1 is 1.45 bits per heavy atom. The van der Waals surface area contributed by atoms with Crippen LogP contribution in [0.5, 0.6) is 0 Å². The van der Waals surface area contributed by atoms with Gasteiger partial charge in [-0.05, 0) is 31.5 Å². The van der Waals surface area contributed by atoms with Crippen molar-refractivity contribution in [3.63, 3.8) is 0 Å². The molecule has 0 heterocycles. The van der Waals surface area contributed by atoms with E-state index in [4.69, 9.17) is 5.11 Å². The van der Waals surface area contributed by atoms with E-state index in [1.54, 1.807) is 7.05 Å². The molecule has 0 bridgehead atoms. The lowest BCUT2D eigenvalue weighted by Gasteiger charge is -2.24. The van der Waals surface area contributed by atoms with Crippen molar-refractivity contribution in [2.24, 2.45) is 0 Å². The molecule has 5 nitrogen and oxygen atoms in total. The first-order valence-corrected chi connectivity index (χ1v) is 6.43. The van der Waals surface area contributed by atoms with Crippen molar-refractivity contribution in [2.75, 3.05) is 12.4 Å². The second-order valence-electron chi connectivity index (χ2n) is 4.68. The molecule has 0 aromatic heterocycles. The Morgan fingerprint density at radius 3 is 2.60 bits per heavy atom. The summed E-state index contributed by atoms with van der Waals surface area (Å²) < 4.78 is 13.5. The van der Waals surface area contributed by atoms with E-state index in [0.717, 1.165) is 25.0 Å². The summed E-state index contributed by atoms with van der Waals surface area (Å²) in [5, 5.41) is 11.3. The summed E-state index contributed by atoms with van der Waals surface area (Å²) in [7, 11) is 1.66. The predicted octanol–water partition coefficient (Wildman–Crippen LogP) is 3.18. The summed E-state index contributed by atoms with van der Waals surface area (Å²) in [6, 6.07) is 3.21. The number of anilines is 1. The minimum atomic E-state index is -1.34. The molecule has 1 unspecified atom stereocenters. The maximum Gasteiger partial charge on any atom is 0.338 e. The minimum Gasteiger partial charge on any atom is -0.478 e. The summed E-state index contributed by atoms with van der Waals surface area (Å²) in [6.07, 6.45) is 1.83. The number of carboxylic acid groups (broad SMARTS) is 1. The second-order valence-corrected chi connectivity index (χ2v) is 4.68. The molecule has 110 valence electrons. The van der Waals surface area contributed by atoms with Crippen molar-refractivity contribution in [3.8, 4) is 0 Å². The van der Waals surface area contributed by atoms with E-state index in [-0.39, 0.29) is 17.8 Å². The van der Waals surface area contributed by atoms with Crippen molar-refractivity contribution in [3.05, 3.63) is 29.6 Å². The molecule has 0 spiro atoms. The van der Waals surface area contributed by atoms with Gasteiger partial charge in [-0.25, -0.2) is 14.0 Å². The first kappa shape index (κ1) is 15.9. The van der Waals surface area contributed by atoms with E-state index in [9.17, 15) is 14.0 Å². The topological polar surface area (TPSA) is 69.6 Å². The summed E-state index contributed by atoms with van der Waals surface area (Å²) in [5.74, 6) is -2.21. The molecule has 6 heteroatoms. The minimum absolute atomic E-state index is 0.0724. The standard InChI is InChI=1S/C14H19FN2O3/c1-4-5-9(2)17(3)14(20)16-10-6-7-11(13(18)19)12(15)8-10/h6-9H,4-5H2,1-3H3,(H,16,20)(H,18,19). The van der Waals surface area contributed by atoms with E-state index < -0.39 is 17.3 Å². The smallest absolute Gasteiger partial charge is 0.338 e. The number of hydrogen-bond donors (Lipinski definition) is 2. The third kappa shape index (κ3) is 3.94. The fourth-order valence-electron chi connectivity index (χ4n) is 1.79. The van der Waals surface area contributed by atoms with Gasteiger partial charge >= 0.3 is 12.0 Å². The van der Waals surface area contributed by atoms with Crippen LogP contribution in [0.4, 0.5) is 14.9 Å². The van der Waals surface area contributed by atoms with Gasteiger partial charge in [-0.2, -0.15) is 0 Å². The molecule has 0 saturated carbocycles. The number of hydrogen-bond acceptors (Lipinski definition) is 2. The van der Waals surface area contributed by atoms with Crippen LogP contribution in [-0.4, -0.2) is 35.1 Å². The Kier molecular flexibility index (Phi) is 5.49. The molecule has 1 aromatic rings. The molecule has 1 aromatic carbocycles. The van der Waals surface area contributed by atoms with Crippen molar-refractivity contribution in [1.29, 1.82) is 0 Å². The molecule has 0 saturated heterocycles. The average Bonchev–Trinajstić information content (AvgIpc) is 2.37. The van der Waals surface area contributed by atoms with E-state index >= 15 is 0 Å². The third-order valence-corrected chi connectivity index (χ3v) is 3.14. The highest BCUT2D eigenvalue weighted by atomic mass is 19.1. The highest BCUT2D eigenvalue weighted by Crippen LogP contribution is 2.15. The zero-order valence-corrected chi connectivity index (χ0v) is 11.8. The Labute approximate surface area is 117 Å². The molecule has 2 N–H and O–H groups in total. The summed E-state index contributed by atoms with van der Waals surface area (Å²) >= 11 is 0. The largest absolute Gasteiger partial charge is 0.478 e. The van der Waals surface area contributed by atoms with E-state index in [2.05, 4.69) is 5.32 Å². The van der Waals surface area contributed by atoms with Gasteiger partial charge < -0.3 is 15.3 Å². The summed E-state index contributed by atoms with van der Waals surface area (Å²) in [5.41, 5.74) is -0.191. The lowest BCUT2D eigenvalue weighted by molar-refractivity contribution is 0.0692. The molecule has 0 radical (unpaired) electrons. The van der Waals surface area contributed by atoms with E-state index in [1.807, 2.05) is 13.8 Å². The number of halogens is 1. The predicted molar refractivity (Wildman–Crippen MR) is 74.5 cm³/mol.